The van der Waals surface area contributed by atoms with Crippen LogP contribution in [0.4, 0.5) is 5.69 Å². The summed E-state index contributed by atoms with van der Waals surface area (Å²) in [5.41, 5.74) is 3.18. The second kappa shape index (κ2) is 5.50. The second-order valence-corrected chi connectivity index (χ2v) is 6.28. The predicted molar refractivity (Wildman–Crippen MR) is 95.7 cm³/mol. The molecule has 0 saturated heterocycles. The summed E-state index contributed by atoms with van der Waals surface area (Å²) in [5.74, 6) is -0.0244. The van der Waals surface area contributed by atoms with E-state index in [4.69, 9.17) is 0 Å². The molecule has 4 rings (SSSR count). The number of para-hydroxylation sites is 1. The maximum Gasteiger partial charge on any atom is 0.315 e. The first-order chi connectivity index (χ1) is 11.6. The summed E-state index contributed by atoms with van der Waals surface area (Å²) in [6, 6.07) is 13.8. The number of aromatic hydroxyl groups is 2. The molecular weight excluding hydrogens is 324 g/mol. The topological polar surface area (TPSA) is 74.8 Å². The normalized spacial score (nSPS) is 14.2. The minimum Gasteiger partial charge on any atom is -0.508 e. The molecule has 0 saturated carbocycles. The summed E-state index contributed by atoms with van der Waals surface area (Å²) in [6.45, 7) is 0. The van der Waals surface area contributed by atoms with E-state index in [2.05, 4.69) is 4.99 Å². The molecule has 2 heterocycles. The van der Waals surface area contributed by atoms with E-state index in [1.807, 2.05) is 24.3 Å². The van der Waals surface area contributed by atoms with E-state index in [1.54, 1.807) is 24.4 Å². The number of fused-ring (bicyclic) bond motifs is 1. The van der Waals surface area contributed by atoms with Crippen LogP contribution in [0.5, 0.6) is 11.6 Å². The van der Waals surface area contributed by atoms with Crippen LogP contribution in [0.2, 0.25) is 0 Å². The monoisotopic (exact) mass is 336 g/mol. The van der Waals surface area contributed by atoms with Gasteiger partial charge in [0.2, 0.25) is 5.88 Å². The highest BCUT2D eigenvalue weighted by molar-refractivity contribution is 7.10. The Kier molecular flexibility index (Phi) is 3.32. The lowest BCUT2D eigenvalue weighted by molar-refractivity contribution is 0.439. The van der Waals surface area contributed by atoms with Crippen molar-refractivity contribution < 1.29 is 10.2 Å². The van der Waals surface area contributed by atoms with Gasteiger partial charge in [-0.15, -0.1) is 0 Å². The van der Waals surface area contributed by atoms with Crippen molar-refractivity contribution in [2.75, 3.05) is 0 Å². The molecule has 1 aliphatic rings. The van der Waals surface area contributed by atoms with Gasteiger partial charge in [-0.1, -0.05) is 29.5 Å². The molecule has 5 nitrogen and oxygen atoms in total. The largest absolute Gasteiger partial charge is 0.508 e. The molecule has 1 aliphatic heterocycles. The molecule has 0 unspecified atom stereocenters. The summed E-state index contributed by atoms with van der Waals surface area (Å²) in [6.07, 6.45) is 3.48. The lowest BCUT2D eigenvalue weighted by atomic mass is 10.1. The van der Waals surface area contributed by atoms with Crippen molar-refractivity contribution >= 4 is 34.9 Å². The fraction of sp³-hybridized carbons (Fsp3) is 0. The zero-order valence-corrected chi connectivity index (χ0v) is 13.2. The van der Waals surface area contributed by atoms with Crippen LogP contribution in [-0.2, 0) is 0 Å². The van der Waals surface area contributed by atoms with Gasteiger partial charge < -0.3 is 10.2 Å². The van der Waals surface area contributed by atoms with Crippen molar-refractivity contribution in [2.45, 2.75) is 0 Å². The smallest absolute Gasteiger partial charge is 0.315 e. The van der Waals surface area contributed by atoms with Gasteiger partial charge in [-0.05, 0) is 36.4 Å². The number of thiazole rings is 1. The van der Waals surface area contributed by atoms with E-state index < -0.39 is 0 Å². The van der Waals surface area contributed by atoms with Gasteiger partial charge in [-0.2, -0.15) is 0 Å². The zero-order valence-electron chi connectivity index (χ0n) is 12.4. The quantitative estimate of drug-likeness (QED) is 0.751. The van der Waals surface area contributed by atoms with Gasteiger partial charge in [0.05, 0.1) is 16.3 Å². The van der Waals surface area contributed by atoms with Gasteiger partial charge in [-0.25, -0.2) is 4.57 Å². The van der Waals surface area contributed by atoms with Crippen LogP contribution in [0.1, 0.15) is 10.4 Å². The summed E-state index contributed by atoms with van der Waals surface area (Å²) in [5, 5.41) is 19.8. The molecule has 2 aromatic carbocycles. The molecule has 1 aromatic heterocycles. The van der Waals surface area contributed by atoms with Crippen LogP contribution in [0.25, 0.3) is 17.3 Å². The van der Waals surface area contributed by atoms with Crippen molar-refractivity contribution in [1.82, 2.24) is 4.57 Å². The maximum atomic E-state index is 12.3. The SMILES string of the molecule is O=c1sc(C=C2C=Nc3ccccc32)c(O)n1-c1ccc(O)cc1. The number of allylic oxidation sites excluding steroid dienone is 1. The van der Waals surface area contributed by atoms with Crippen molar-refractivity contribution in [3.8, 4) is 17.3 Å². The minimum atomic E-state index is -0.298. The first-order valence-corrected chi connectivity index (χ1v) is 8.04. The summed E-state index contributed by atoms with van der Waals surface area (Å²) >= 11 is 0.958. The Hall–Kier alpha value is -3.12. The Morgan fingerprint density at radius 3 is 2.58 bits per heavy atom. The highest BCUT2D eigenvalue weighted by Gasteiger charge is 2.17. The van der Waals surface area contributed by atoms with Crippen molar-refractivity contribution in [3.05, 3.63) is 68.6 Å². The number of aliphatic imine (C=N–C) groups is 1. The fourth-order valence-corrected chi connectivity index (χ4v) is 3.44. The van der Waals surface area contributed by atoms with Crippen LogP contribution in [0.3, 0.4) is 0 Å². The molecule has 0 atom stereocenters. The molecule has 0 radical (unpaired) electrons. The van der Waals surface area contributed by atoms with E-state index in [-0.39, 0.29) is 16.5 Å². The molecular formula is C18H12N2O3S. The summed E-state index contributed by atoms with van der Waals surface area (Å²) in [7, 11) is 0. The Balaban J connectivity index is 1.81. The molecule has 2 N–H and O–H groups in total. The van der Waals surface area contributed by atoms with E-state index in [1.165, 1.54) is 16.7 Å². The van der Waals surface area contributed by atoms with Crippen LogP contribution in [0.15, 0.2) is 58.3 Å². The molecule has 0 bridgehead atoms. The number of hydrogen-bond acceptors (Lipinski definition) is 5. The van der Waals surface area contributed by atoms with Gasteiger partial charge in [0.15, 0.2) is 0 Å². The molecule has 6 heteroatoms. The van der Waals surface area contributed by atoms with E-state index in [0.29, 0.717) is 10.6 Å². The number of rotatable bonds is 2. The van der Waals surface area contributed by atoms with Crippen molar-refractivity contribution in [1.29, 1.82) is 0 Å². The Labute approximate surface area is 141 Å². The third kappa shape index (κ3) is 2.33. The molecule has 0 amide bonds. The lowest BCUT2D eigenvalue weighted by Crippen LogP contribution is -2.09. The standard InChI is InChI=1S/C18H12N2O3S/c21-13-7-5-12(6-8-13)20-17(22)16(24-18(20)23)9-11-10-19-15-4-2-1-3-14(11)15/h1-10,21-22H. The molecule has 0 aliphatic carbocycles. The van der Waals surface area contributed by atoms with E-state index >= 15 is 0 Å². The summed E-state index contributed by atoms with van der Waals surface area (Å²) < 4.78 is 1.22. The van der Waals surface area contributed by atoms with E-state index in [0.717, 1.165) is 28.2 Å². The third-order valence-corrected chi connectivity index (χ3v) is 4.64. The highest BCUT2D eigenvalue weighted by Crippen LogP contribution is 2.34. The van der Waals surface area contributed by atoms with Gasteiger partial charge in [0.1, 0.15) is 5.75 Å². The van der Waals surface area contributed by atoms with Crippen LogP contribution in [0, 0.1) is 0 Å². The van der Waals surface area contributed by atoms with E-state index in [9.17, 15) is 15.0 Å². The number of benzene rings is 2. The average Bonchev–Trinajstić information content (AvgIpc) is 3.11. The molecule has 118 valence electrons. The van der Waals surface area contributed by atoms with Gasteiger partial charge >= 0.3 is 4.87 Å². The number of hydrogen-bond donors (Lipinski definition) is 2. The maximum absolute atomic E-state index is 12.3. The Bertz CT molecular complexity index is 1040. The minimum absolute atomic E-state index is 0.0997. The second-order valence-electron chi connectivity index (χ2n) is 5.28. The Morgan fingerprint density at radius 1 is 1.04 bits per heavy atom. The van der Waals surface area contributed by atoms with Crippen LogP contribution >= 0.6 is 11.3 Å². The van der Waals surface area contributed by atoms with Gasteiger partial charge in [-0.3, -0.25) is 9.79 Å². The molecule has 3 aromatic rings. The molecule has 0 spiro atoms. The predicted octanol–water partition coefficient (Wildman–Crippen LogP) is 3.57. The third-order valence-electron chi connectivity index (χ3n) is 3.76. The first kappa shape index (κ1) is 14.5. The van der Waals surface area contributed by atoms with Crippen molar-refractivity contribution in [2.24, 2.45) is 4.99 Å². The molecule has 24 heavy (non-hydrogen) atoms. The van der Waals surface area contributed by atoms with Crippen LogP contribution in [-0.4, -0.2) is 21.0 Å². The van der Waals surface area contributed by atoms with Gasteiger partial charge in [0, 0.05) is 17.4 Å². The number of phenolic OH excluding ortho intramolecular Hbond substituents is 1. The molecule has 0 fully saturated rings. The summed E-state index contributed by atoms with van der Waals surface area (Å²) in [4.78, 5) is 16.7. The first-order valence-electron chi connectivity index (χ1n) is 7.23. The number of phenols is 1. The van der Waals surface area contributed by atoms with Gasteiger partial charge in [0.25, 0.3) is 0 Å². The zero-order chi connectivity index (χ0) is 16.7. The number of aromatic nitrogens is 1. The Morgan fingerprint density at radius 2 is 1.79 bits per heavy atom. The highest BCUT2D eigenvalue weighted by atomic mass is 32.1. The lowest BCUT2D eigenvalue weighted by Gasteiger charge is -2.03. The average molecular weight is 336 g/mol. The number of nitrogens with zero attached hydrogens (tertiary/aromatic N) is 2. The van der Waals surface area contributed by atoms with Crippen molar-refractivity contribution in [3.63, 3.8) is 0 Å². The van der Waals surface area contributed by atoms with Crippen LogP contribution < -0.4 is 4.87 Å². The fourth-order valence-electron chi connectivity index (χ4n) is 2.60.